The molecule has 1 fully saturated rings. The van der Waals surface area contributed by atoms with Crippen LogP contribution in [-0.2, 0) is 25.4 Å². The number of methoxy groups -OCH3 is 1. The predicted octanol–water partition coefficient (Wildman–Crippen LogP) is 4.21. The summed E-state index contributed by atoms with van der Waals surface area (Å²) in [4.78, 5) is 32.0. The van der Waals surface area contributed by atoms with Crippen molar-refractivity contribution in [1.29, 1.82) is 5.26 Å². The smallest absolute Gasteiger partial charge is 0.410 e. The average molecular weight is 562 g/mol. The summed E-state index contributed by atoms with van der Waals surface area (Å²) in [7, 11) is 1.58. The number of hydrogen-bond acceptors (Lipinski definition) is 7. The van der Waals surface area contributed by atoms with E-state index >= 15 is 0 Å². The molecule has 3 heterocycles. The van der Waals surface area contributed by atoms with Gasteiger partial charge in [0.1, 0.15) is 11.6 Å². The van der Waals surface area contributed by atoms with E-state index < -0.39 is 29.7 Å². The van der Waals surface area contributed by atoms with Crippen molar-refractivity contribution in [1.82, 2.24) is 19.6 Å². The first-order valence-electron chi connectivity index (χ1n) is 13.8. The van der Waals surface area contributed by atoms with Crippen molar-refractivity contribution in [2.45, 2.75) is 71.3 Å². The van der Waals surface area contributed by atoms with E-state index in [0.717, 1.165) is 33.6 Å². The number of fused-ring (bicyclic) bond motifs is 1. The maximum Gasteiger partial charge on any atom is 0.410 e. The predicted molar refractivity (Wildman–Crippen MR) is 154 cm³/mol. The van der Waals surface area contributed by atoms with Crippen molar-refractivity contribution in [3.8, 4) is 17.2 Å². The van der Waals surface area contributed by atoms with E-state index in [1.807, 2.05) is 44.3 Å². The lowest BCUT2D eigenvalue weighted by molar-refractivity contribution is -0.137. The second-order valence-electron chi connectivity index (χ2n) is 11.5. The molecule has 4 rings (SSSR count). The molecule has 0 unspecified atom stereocenters. The second-order valence-corrected chi connectivity index (χ2v) is 11.5. The van der Waals surface area contributed by atoms with Crippen molar-refractivity contribution >= 4 is 17.5 Å². The summed E-state index contributed by atoms with van der Waals surface area (Å²) in [6.45, 7) is 9.89. The van der Waals surface area contributed by atoms with Crippen LogP contribution in [0.4, 0.5) is 4.79 Å². The zero-order valence-electron chi connectivity index (χ0n) is 24.6. The molecule has 1 aromatic carbocycles. The first-order chi connectivity index (χ1) is 19.5. The van der Waals surface area contributed by atoms with Gasteiger partial charge in [-0.2, -0.15) is 5.26 Å². The Labute approximate surface area is 241 Å². The highest BCUT2D eigenvalue weighted by Gasteiger charge is 2.33. The number of benzene rings is 1. The number of aryl methyl sites for hydroxylation is 2. The Balaban J connectivity index is 1.41. The molecule has 1 aliphatic heterocycles. The number of carbonyl (C=O) groups excluding carboxylic acids is 2. The van der Waals surface area contributed by atoms with Crippen molar-refractivity contribution in [3.63, 3.8) is 0 Å². The Kier molecular flexibility index (Phi) is 9.31. The molecule has 0 radical (unpaired) electrons. The van der Waals surface area contributed by atoms with Crippen LogP contribution in [0.5, 0.6) is 0 Å². The molecule has 1 aliphatic rings. The minimum absolute atomic E-state index is 0.00597. The van der Waals surface area contributed by atoms with Crippen LogP contribution in [0.3, 0.4) is 0 Å². The molecule has 2 aromatic heterocycles. The van der Waals surface area contributed by atoms with Crippen LogP contribution in [0, 0.1) is 25.2 Å². The maximum absolute atomic E-state index is 13.2. The monoisotopic (exact) mass is 561 g/mol. The number of amides is 2. The lowest BCUT2D eigenvalue weighted by atomic mass is 10.0. The number of nitrogens with one attached hydrogen (secondary N) is 1. The number of nitrogens with zero attached hydrogens (tertiary/aromatic N) is 4. The van der Waals surface area contributed by atoms with Gasteiger partial charge in [-0.05, 0) is 58.2 Å². The molecule has 218 valence electrons. The van der Waals surface area contributed by atoms with E-state index in [2.05, 4.69) is 33.0 Å². The zero-order chi connectivity index (χ0) is 29.7. The number of carbonyl (C=O) groups is 2. The van der Waals surface area contributed by atoms with Gasteiger partial charge < -0.3 is 28.8 Å². The molecule has 3 aromatic rings. The molecular formula is C31H39N5O5. The summed E-state index contributed by atoms with van der Waals surface area (Å²) in [6, 6.07) is 11.5. The molecule has 0 spiro atoms. The van der Waals surface area contributed by atoms with Gasteiger partial charge in [0.2, 0.25) is 0 Å². The topological polar surface area (TPSA) is 118 Å². The first kappa shape index (κ1) is 30.0. The third-order valence-electron chi connectivity index (χ3n) is 6.94. The lowest BCUT2D eigenvalue weighted by Crippen LogP contribution is -2.53. The second kappa shape index (κ2) is 12.7. The normalized spacial score (nSPS) is 18.7. The van der Waals surface area contributed by atoms with Gasteiger partial charge in [-0.1, -0.05) is 24.3 Å². The van der Waals surface area contributed by atoms with Crippen molar-refractivity contribution < 1.29 is 23.8 Å². The third-order valence-corrected chi connectivity index (χ3v) is 6.94. The summed E-state index contributed by atoms with van der Waals surface area (Å²) < 4.78 is 18.9. The number of hydrogen-bond donors (Lipinski definition) is 1. The first-order valence-corrected chi connectivity index (χ1v) is 13.8. The van der Waals surface area contributed by atoms with Crippen LogP contribution >= 0.6 is 0 Å². The molecule has 10 heteroatoms. The SMILES string of the molecule is CO[C@H]1CCO[C@H](C(=O)N[C@H](C#N)Cc2ccc(-c3cc4c(C)nc(C)cn4c3)cc2)CN(C(=O)OC(C)(C)C)C1. The minimum Gasteiger partial charge on any atom is -0.444 e. The van der Waals surface area contributed by atoms with Gasteiger partial charge in [0.15, 0.2) is 6.10 Å². The molecule has 2 amide bonds. The van der Waals surface area contributed by atoms with Crippen LogP contribution < -0.4 is 5.32 Å². The van der Waals surface area contributed by atoms with Crippen molar-refractivity contribution in [3.05, 3.63) is 59.7 Å². The van der Waals surface area contributed by atoms with Gasteiger partial charge in [-0.25, -0.2) is 4.79 Å². The minimum atomic E-state index is -0.941. The maximum atomic E-state index is 13.2. The summed E-state index contributed by atoms with van der Waals surface area (Å²) >= 11 is 0. The van der Waals surface area contributed by atoms with E-state index in [9.17, 15) is 14.9 Å². The molecular weight excluding hydrogens is 522 g/mol. The van der Waals surface area contributed by atoms with E-state index in [4.69, 9.17) is 14.2 Å². The van der Waals surface area contributed by atoms with E-state index in [0.29, 0.717) is 19.4 Å². The summed E-state index contributed by atoms with van der Waals surface area (Å²) in [5.74, 6) is -0.447. The van der Waals surface area contributed by atoms with Crippen LogP contribution in [-0.4, -0.2) is 76.9 Å². The molecule has 1 N–H and O–H groups in total. The van der Waals surface area contributed by atoms with E-state index in [1.54, 1.807) is 27.9 Å². The van der Waals surface area contributed by atoms with Gasteiger partial charge in [0.25, 0.3) is 5.91 Å². The van der Waals surface area contributed by atoms with Crippen molar-refractivity contribution in [2.24, 2.45) is 0 Å². The summed E-state index contributed by atoms with van der Waals surface area (Å²) in [6.07, 6.45) is 3.20. The van der Waals surface area contributed by atoms with Crippen LogP contribution in [0.1, 0.15) is 44.1 Å². The molecule has 0 aliphatic carbocycles. The Morgan fingerprint density at radius 3 is 2.56 bits per heavy atom. The number of rotatable bonds is 6. The molecule has 3 atom stereocenters. The van der Waals surface area contributed by atoms with Gasteiger partial charge in [-0.15, -0.1) is 0 Å². The third kappa shape index (κ3) is 7.84. The molecule has 41 heavy (non-hydrogen) atoms. The molecule has 10 nitrogen and oxygen atoms in total. The highest BCUT2D eigenvalue weighted by Crippen LogP contribution is 2.25. The Morgan fingerprint density at radius 1 is 1.17 bits per heavy atom. The van der Waals surface area contributed by atoms with Gasteiger partial charge in [0.05, 0.1) is 48.8 Å². The van der Waals surface area contributed by atoms with Gasteiger partial charge >= 0.3 is 6.09 Å². The van der Waals surface area contributed by atoms with E-state index in [1.165, 1.54) is 4.90 Å². The van der Waals surface area contributed by atoms with Crippen LogP contribution in [0.2, 0.25) is 0 Å². The number of ether oxygens (including phenoxy) is 3. The molecule has 0 bridgehead atoms. The zero-order valence-corrected chi connectivity index (χ0v) is 24.6. The highest BCUT2D eigenvalue weighted by atomic mass is 16.6. The Morgan fingerprint density at radius 2 is 1.90 bits per heavy atom. The van der Waals surface area contributed by atoms with Crippen LogP contribution in [0.15, 0.2) is 42.7 Å². The Bertz CT molecular complexity index is 1420. The fourth-order valence-corrected chi connectivity index (χ4v) is 4.88. The fourth-order valence-electron chi connectivity index (χ4n) is 4.88. The molecule has 1 saturated heterocycles. The van der Waals surface area contributed by atoms with Crippen molar-refractivity contribution in [2.75, 3.05) is 26.8 Å². The fraction of sp³-hybridized carbons (Fsp3) is 0.484. The van der Waals surface area contributed by atoms with E-state index in [-0.39, 0.29) is 19.2 Å². The van der Waals surface area contributed by atoms with Gasteiger partial charge in [-0.3, -0.25) is 9.78 Å². The summed E-state index contributed by atoms with van der Waals surface area (Å²) in [5, 5.41) is 12.6. The number of aromatic nitrogens is 2. The number of nitriles is 1. The largest absolute Gasteiger partial charge is 0.444 e. The average Bonchev–Trinajstić information content (AvgIpc) is 3.32. The summed E-state index contributed by atoms with van der Waals surface area (Å²) in [5.41, 5.74) is 5.33. The Hall–Kier alpha value is -3.94. The quantitative estimate of drug-likeness (QED) is 0.479. The van der Waals surface area contributed by atoms with Gasteiger partial charge in [0, 0.05) is 31.5 Å². The van der Waals surface area contributed by atoms with Crippen LogP contribution in [0.25, 0.3) is 16.6 Å². The highest BCUT2D eigenvalue weighted by molar-refractivity contribution is 5.82. The molecule has 0 saturated carbocycles. The standard InChI is InChI=1S/C31H39N5O5/c1-20-16-35-17-24(14-27(35)21(2)33-20)23-9-7-22(8-10-23)13-25(15-32)34-29(37)28-19-36(30(38)41-31(3,4)5)18-26(39-6)11-12-40-28/h7-10,14,16-17,25-26,28H,11-13,18-19H2,1-6H3,(H,34,37)/t25-,26-,28-/m0/s1. The lowest BCUT2D eigenvalue weighted by Gasteiger charge is -2.34.